The number of nitrogens with zero attached hydrogens (tertiary/aromatic N) is 5. The molecule has 3 rings (SSSR count). The van der Waals surface area contributed by atoms with Crippen LogP contribution in [0.4, 0.5) is 0 Å². The number of amides is 1. The molecule has 1 amide bonds. The van der Waals surface area contributed by atoms with Crippen LogP contribution in [0.5, 0.6) is 0 Å². The summed E-state index contributed by atoms with van der Waals surface area (Å²) in [5.74, 6) is 2.21. The van der Waals surface area contributed by atoms with Crippen molar-refractivity contribution in [1.29, 1.82) is 0 Å². The van der Waals surface area contributed by atoms with Gasteiger partial charge in [0.05, 0.1) is 5.69 Å². The van der Waals surface area contributed by atoms with Crippen LogP contribution in [0.15, 0.2) is 10.6 Å². The van der Waals surface area contributed by atoms with Crippen LogP contribution in [0.25, 0.3) is 0 Å². The second-order valence-electron chi connectivity index (χ2n) is 7.04. The van der Waals surface area contributed by atoms with E-state index in [0.29, 0.717) is 12.5 Å². The molecule has 0 saturated carbocycles. The van der Waals surface area contributed by atoms with Crippen molar-refractivity contribution in [3.05, 3.63) is 29.2 Å². The summed E-state index contributed by atoms with van der Waals surface area (Å²) in [6, 6.07) is 1.99. The molecule has 0 aliphatic carbocycles. The Kier molecular flexibility index (Phi) is 5.20. The summed E-state index contributed by atoms with van der Waals surface area (Å²) in [5.41, 5.74) is 1.96. The molecule has 0 unspecified atom stereocenters. The quantitative estimate of drug-likeness (QED) is 0.833. The van der Waals surface area contributed by atoms with Gasteiger partial charge in [0.2, 0.25) is 11.8 Å². The number of carbonyl (C=O) groups is 1. The largest absolute Gasteiger partial charge is 0.341 e. The minimum atomic E-state index is 0.121. The lowest BCUT2D eigenvalue weighted by Gasteiger charge is -2.30. The van der Waals surface area contributed by atoms with Crippen LogP contribution < -0.4 is 0 Å². The topological polar surface area (TPSA) is 77.0 Å². The van der Waals surface area contributed by atoms with Crippen molar-refractivity contribution in [2.75, 3.05) is 13.1 Å². The summed E-state index contributed by atoms with van der Waals surface area (Å²) in [6.45, 7) is 9.90. The molecule has 1 aliphatic heterocycles. The maximum atomic E-state index is 12.5. The normalized spacial score (nSPS) is 17.0. The van der Waals surface area contributed by atoms with E-state index >= 15 is 0 Å². The second kappa shape index (κ2) is 7.37. The van der Waals surface area contributed by atoms with Crippen molar-refractivity contribution < 1.29 is 9.32 Å². The van der Waals surface area contributed by atoms with Crippen molar-refractivity contribution in [2.24, 2.45) is 0 Å². The smallest absolute Gasteiger partial charge is 0.244 e. The number of aryl methyl sites for hydroxylation is 2. The van der Waals surface area contributed by atoms with Gasteiger partial charge in [-0.2, -0.15) is 10.1 Å². The SMILES string of the molecule is CC[C@@H](C)c1noc(C2CCN(C(=O)Cn3nc(C)cc3C)CC2)n1. The van der Waals surface area contributed by atoms with E-state index in [2.05, 4.69) is 29.1 Å². The molecule has 7 nitrogen and oxygen atoms in total. The van der Waals surface area contributed by atoms with Gasteiger partial charge in [0.15, 0.2) is 5.82 Å². The van der Waals surface area contributed by atoms with E-state index in [0.717, 1.165) is 55.5 Å². The van der Waals surface area contributed by atoms with Gasteiger partial charge >= 0.3 is 0 Å². The Morgan fingerprint density at radius 2 is 2.08 bits per heavy atom. The second-order valence-corrected chi connectivity index (χ2v) is 7.04. The summed E-state index contributed by atoms with van der Waals surface area (Å²) in [5, 5.41) is 8.48. The number of hydrogen-bond donors (Lipinski definition) is 0. The molecule has 0 bridgehead atoms. The lowest BCUT2D eigenvalue weighted by molar-refractivity contribution is -0.133. The molecule has 0 radical (unpaired) electrons. The average Bonchev–Trinajstić information content (AvgIpc) is 3.21. The van der Waals surface area contributed by atoms with Crippen LogP contribution in [0.2, 0.25) is 0 Å². The molecule has 2 aromatic rings. The molecule has 7 heteroatoms. The van der Waals surface area contributed by atoms with Crippen molar-refractivity contribution in [3.8, 4) is 0 Å². The Balaban J connectivity index is 1.55. The molecule has 2 aromatic heterocycles. The molecule has 0 spiro atoms. The average molecular weight is 345 g/mol. The molecular weight excluding hydrogens is 318 g/mol. The first-order valence-electron chi connectivity index (χ1n) is 9.10. The van der Waals surface area contributed by atoms with Gasteiger partial charge in [0.1, 0.15) is 6.54 Å². The third-order valence-electron chi connectivity index (χ3n) is 5.10. The fourth-order valence-corrected chi connectivity index (χ4v) is 3.23. The van der Waals surface area contributed by atoms with Gasteiger partial charge in [0, 0.05) is 30.6 Å². The van der Waals surface area contributed by atoms with Crippen LogP contribution in [0, 0.1) is 13.8 Å². The number of hydrogen-bond acceptors (Lipinski definition) is 5. The van der Waals surface area contributed by atoms with Crippen molar-refractivity contribution in [2.45, 2.75) is 65.3 Å². The highest BCUT2D eigenvalue weighted by molar-refractivity contribution is 5.76. The summed E-state index contributed by atoms with van der Waals surface area (Å²) in [7, 11) is 0. The van der Waals surface area contributed by atoms with Gasteiger partial charge in [-0.25, -0.2) is 0 Å². The Hall–Kier alpha value is -2.18. The molecule has 136 valence electrons. The van der Waals surface area contributed by atoms with Gasteiger partial charge in [-0.15, -0.1) is 0 Å². The van der Waals surface area contributed by atoms with Crippen molar-refractivity contribution in [1.82, 2.24) is 24.8 Å². The molecule has 1 fully saturated rings. The maximum Gasteiger partial charge on any atom is 0.244 e. The zero-order valence-electron chi connectivity index (χ0n) is 15.5. The van der Waals surface area contributed by atoms with E-state index in [1.165, 1.54) is 0 Å². The fourth-order valence-electron chi connectivity index (χ4n) is 3.23. The van der Waals surface area contributed by atoms with Crippen molar-refractivity contribution >= 4 is 5.91 Å². The minimum Gasteiger partial charge on any atom is -0.341 e. The number of piperidine rings is 1. The lowest BCUT2D eigenvalue weighted by Crippen LogP contribution is -2.40. The van der Waals surface area contributed by atoms with E-state index < -0.39 is 0 Å². The number of likely N-dealkylation sites (tertiary alicyclic amines) is 1. The summed E-state index contributed by atoms with van der Waals surface area (Å²) < 4.78 is 7.24. The number of rotatable bonds is 5. The van der Waals surface area contributed by atoms with Crippen LogP contribution in [-0.2, 0) is 11.3 Å². The van der Waals surface area contributed by atoms with Gasteiger partial charge in [-0.3, -0.25) is 9.48 Å². The van der Waals surface area contributed by atoms with Crippen LogP contribution >= 0.6 is 0 Å². The summed E-state index contributed by atoms with van der Waals surface area (Å²) >= 11 is 0. The van der Waals surface area contributed by atoms with Gasteiger partial charge in [-0.1, -0.05) is 19.0 Å². The Labute approximate surface area is 148 Å². The number of carbonyl (C=O) groups excluding carboxylic acids is 1. The third-order valence-corrected chi connectivity index (χ3v) is 5.10. The maximum absolute atomic E-state index is 12.5. The fraction of sp³-hybridized carbons (Fsp3) is 0.667. The van der Waals surface area contributed by atoms with Crippen LogP contribution in [-0.4, -0.2) is 43.8 Å². The van der Waals surface area contributed by atoms with E-state index in [1.807, 2.05) is 24.8 Å². The zero-order valence-corrected chi connectivity index (χ0v) is 15.5. The molecule has 0 aromatic carbocycles. The standard InChI is InChI=1S/C18H27N5O2/c1-5-12(2)17-19-18(25-21-17)15-6-8-22(9-7-15)16(24)11-23-14(4)10-13(3)20-23/h10,12,15H,5-9,11H2,1-4H3/t12-/m1/s1. The highest BCUT2D eigenvalue weighted by atomic mass is 16.5. The van der Waals surface area contributed by atoms with Crippen LogP contribution in [0.1, 0.15) is 68.0 Å². The van der Waals surface area contributed by atoms with E-state index in [1.54, 1.807) is 4.68 Å². The Bertz CT molecular complexity index is 728. The number of aromatic nitrogens is 4. The van der Waals surface area contributed by atoms with E-state index in [-0.39, 0.29) is 11.8 Å². The first-order chi connectivity index (χ1) is 12.0. The highest BCUT2D eigenvalue weighted by Gasteiger charge is 2.28. The third kappa shape index (κ3) is 3.91. The Morgan fingerprint density at radius 3 is 2.68 bits per heavy atom. The molecule has 1 aliphatic rings. The Morgan fingerprint density at radius 1 is 1.36 bits per heavy atom. The lowest BCUT2D eigenvalue weighted by atomic mass is 9.96. The summed E-state index contributed by atoms with van der Waals surface area (Å²) in [6.07, 6.45) is 2.73. The van der Waals surface area contributed by atoms with Gasteiger partial charge in [0.25, 0.3) is 0 Å². The van der Waals surface area contributed by atoms with Gasteiger partial charge < -0.3 is 9.42 Å². The van der Waals surface area contributed by atoms with Gasteiger partial charge in [-0.05, 0) is 39.2 Å². The first-order valence-corrected chi connectivity index (χ1v) is 9.10. The summed E-state index contributed by atoms with van der Waals surface area (Å²) in [4.78, 5) is 19.0. The molecule has 0 N–H and O–H groups in total. The van der Waals surface area contributed by atoms with E-state index in [4.69, 9.17) is 4.52 Å². The molecule has 25 heavy (non-hydrogen) atoms. The molecule has 1 saturated heterocycles. The zero-order chi connectivity index (χ0) is 18.0. The van der Waals surface area contributed by atoms with Crippen molar-refractivity contribution in [3.63, 3.8) is 0 Å². The highest BCUT2D eigenvalue weighted by Crippen LogP contribution is 2.28. The molecule has 1 atom stereocenters. The first kappa shape index (κ1) is 17.6. The molecular formula is C18H27N5O2. The van der Waals surface area contributed by atoms with Crippen LogP contribution in [0.3, 0.4) is 0 Å². The minimum absolute atomic E-state index is 0.121. The predicted octanol–water partition coefficient (Wildman–Crippen LogP) is 2.80. The monoisotopic (exact) mass is 345 g/mol. The predicted molar refractivity (Wildman–Crippen MR) is 93.3 cm³/mol. The van der Waals surface area contributed by atoms with E-state index in [9.17, 15) is 4.79 Å². The molecule has 3 heterocycles.